The lowest BCUT2D eigenvalue weighted by molar-refractivity contribution is 0.588. The Kier molecular flexibility index (Phi) is 3.06. The zero-order chi connectivity index (χ0) is 15.2. The Morgan fingerprint density at radius 3 is 2.29 bits per heavy atom. The van der Waals surface area contributed by atoms with E-state index in [0.717, 1.165) is 21.1 Å². The average molecular weight is 301 g/mol. The van der Waals surface area contributed by atoms with E-state index in [0.29, 0.717) is 11.4 Å². The third-order valence-electron chi connectivity index (χ3n) is 3.43. The number of nitrogens with zero attached hydrogens (tertiary/aromatic N) is 3. The number of rotatable bonds is 1. The van der Waals surface area contributed by atoms with Gasteiger partial charge in [-0.2, -0.15) is 8.42 Å². The van der Waals surface area contributed by atoms with E-state index in [-0.39, 0.29) is 4.90 Å². The summed E-state index contributed by atoms with van der Waals surface area (Å²) in [5.41, 5.74) is 3.74. The number of benzene rings is 2. The summed E-state index contributed by atoms with van der Waals surface area (Å²) in [4.78, 5) is 0.180. The standard InChI is InChI=1S/C15H15N3O2S/c1-10-8-11(2)15(12(3)9-10)18-17-16-13-6-4-5-7-14(13)21(18,19)20/h4-9H,1-3H3. The van der Waals surface area contributed by atoms with E-state index in [4.69, 9.17) is 0 Å². The molecular weight excluding hydrogens is 286 g/mol. The Hall–Kier alpha value is -2.21. The van der Waals surface area contributed by atoms with Gasteiger partial charge in [0, 0.05) is 0 Å². The lowest BCUT2D eigenvalue weighted by Crippen LogP contribution is -2.28. The van der Waals surface area contributed by atoms with Gasteiger partial charge < -0.3 is 0 Å². The monoisotopic (exact) mass is 301 g/mol. The number of anilines is 1. The van der Waals surface area contributed by atoms with E-state index in [1.807, 2.05) is 32.9 Å². The number of hydrogen-bond donors (Lipinski definition) is 0. The third-order valence-corrected chi connectivity index (χ3v) is 5.04. The molecule has 0 spiro atoms. The molecule has 2 aromatic carbocycles. The van der Waals surface area contributed by atoms with E-state index >= 15 is 0 Å². The minimum absolute atomic E-state index is 0.180. The van der Waals surface area contributed by atoms with E-state index in [1.165, 1.54) is 0 Å². The van der Waals surface area contributed by atoms with Gasteiger partial charge in [0.05, 0.1) is 5.69 Å². The summed E-state index contributed by atoms with van der Waals surface area (Å²) in [6.07, 6.45) is 0. The number of sulfonamides is 1. The van der Waals surface area contributed by atoms with Crippen molar-refractivity contribution in [3.8, 4) is 0 Å². The van der Waals surface area contributed by atoms with E-state index in [2.05, 4.69) is 10.3 Å². The fourth-order valence-electron chi connectivity index (χ4n) is 2.63. The summed E-state index contributed by atoms with van der Waals surface area (Å²) in [6, 6.07) is 10.5. The molecule has 0 saturated carbocycles. The van der Waals surface area contributed by atoms with Crippen LogP contribution in [0.1, 0.15) is 16.7 Å². The minimum atomic E-state index is -3.72. The van der Waals surface area contributed by atoms with Crippen LogP contribution >= 0.6 is 0 Å². The molecule has 108 valence electrons. The molecular formula is C15H15N3O2S. The highest BCUT2D eigenvalue weighted by molar-refractivity contribution is 7.93. The van der Waals surface area contributed by atoms with Crippen LogP contribution in [0.5, 0.6) is 0 Å². The molecule has 0 amide bonds. The molecule has 0 aliphatic carbocycles. The third kappa shape index (κ3) is 2.12. The zero-order valence-electron chi connectivity index (χ0n) is 12.0. The SMILES string of the molecule is Cc1cc(C)c(N2N=Nc3ccccc3S2(=O)=O)c(C)c1. The Bertz CT molecular complexity index is 834. The van der Waals surface area contributed by atoms with Crippen molar-refractivity contribution in [3.05, 3.63) is 53.1 Å². The normalized spacial score (nSPS) is 15.9. The van der Waals surface area contributed by atoms with E-state index in [1.54, 1.807) is 24.3 Å². The lowest BCUT2D eigenvalue weighted by Gasteiger charge is -2.25. The van der Waals surface area contributed by atoms with Crippen molar-refractivity contribution >= 4 is 21.4 Å². The summed E-state index contributed by atoms with van der Waals surface area (Å²) >= 11 is 0. The second-order valence-corrected chi connectivity index (χ2v) is 6.89. The largest absolute Gasteiger partial charge is 0.287 e. The second-order valence-electron chi connectivity index (χ2n) is 5.15. The molecule has 2 aromatic rings. The Labute approximate surface area is 124 Å². The molecule has 21 heavy (non-hydrogen) atoms. The molecule has 1 aliphatic rings. The maximum Gasteiger partial charge on any atom is 0.287 e. The molecule has 5 nitrogen and oxygen atoms in total. The predicted molar refractivity (Wildman–Crippen MR) is 81.3 cm³/mol. The van der Waals surface area contributed by atoms with Gasteiger partial charge in [0.2, 0.25) is 0 Å². The molecule has 3 rings (SSSR count). The minimum Gasteiger partial charge on any atom is -0.199 e. The van der Waals surface area contributed by atoms with Crippen molar-refractivity contribution in [2.45, 2.75) is 25.7 Å². The van der Waals surface area contributed by atoms with Crippen LogP contribution < -0.4 is 4.41 Å². The molecule has 0 bridgehead atoms. The van der Waals surface area contributed by atoms with Gasteiger partial charge in [-0.1, -0.05) is 35.1 Å². The van der Waals surface area contributed by atoms with Crippen LogP contribution in [0.4, 0.5) is 11.4 Å². The van der Waals surface area contributed by atoms with Gasteiger partial charge in [-0.3, -0.25) is 0 Å². The van der Waals surface area contributed by atoms with Crippen LogP contribution in [0, 0.1) is 20.8 Å². The van der Waals surface area contributed by atoms with E-state index in [9.17, 15) is 8.42 Å². The summed E-state index contributed by atoms with van der Waals surface area (Å²) in [7, 11) is -3.72. The van der Waals surface area contributed by atoms with Gasteiger partial charge in [-0.05, 0) is 44.0 Å². The molecule has 6 heteroatoms. The molecule has 1 aliphatic heterocycles. The predicted octanol–water partition coefficient (Wildman–Crippen LogP) is 3.82. The Balaban J connectivity index is 2.24. The van der Waals surface area contributed by atoms with Crippen molar-refractivity contribution < 1.29 is 8.42 Å². The molecule has 0 atom stereocenters. The highest BCUT2D eigenvalue weighted by Crippen LogP contribution is 2.38. The number of hydrogen-bond acceptors (Lipinski definition) is 4. The molecule has 0 saturated heterocycles. The van der Waals surface area contributed by atoms with Crippen molar-refractivity contribution in [2.75, 3.05) is 4.41 Å². The summed E-state index contributed by atoms with van der Waals surface area (Å²) in [6.45, 7) is 5.73. The highest BCUT2D eigenvalue weighted by atomic mass is 32.2. The first-order chi connectivity index (χ1) is 9.91. The molecule has 0 radical (unpaired) electrons. The molecule has 0 aromatic heterocycles. The molecule has 0 unspecified atom stereocenters. The fraction of sp³-hybridized carbons (Fsp3) is 0.200. The van der Waals surface area contributed by atoms with Crippen LogP contribution in [0.2, 0.25) is 0 Å². The van der Waals surface area contributed by atoms with Gasteiger partial charge in [0.1, 0.15) is 10.6 Å². The smallest absolute Gasteiger partial charge is 0.199 e. The van der Waals surface area contributed by atoms with Crippen molar-refractivity contribution in [2.24, 2.45) is 10.3 Å². The molecule has 0 N–H and O–H groups in total. The van der Waals surface area contributed by atoms with Crippen molar-refractivity contribution in [3.63, 3.8) is 0 Å². The van der Waals surface area contributed by atoms with Gasteiger partial charge >= 0.3 is 0 Å². The van der Waals surface area contributed by atoms with Gasteiger partial charge in [0.15, 0.2) is 0 Å². The average Bonchev–Trinajstić information content (AvgIpc) is 2.40. The molecule has 0 fully saturated rings. The van der Waals surface area contributed by atoms with E-state index < -0.39 is 10.0 Å². The molecule has 1 heterocycles. The first-order valence-corrected chi connectivity index (χ1v) is 7.99. The lowest BCUT2D eigenvalue weighted by atomic mass is 10.1. The van der Waals surface area contributed by atoms with Crippen molar-refractivity contribution in [1.82, 2.24) is 0 Å². The van der Waals surface area contributed by atoms with Crippen LogP contribution in [0.3, 0.4) is 0 Å². The highest BCUT2D eigenvalue weighted by Gasteiger charge is 2.33. The second kappa shape index (κ2) is 4.66. The van der Waals surface area contributed by atoms with Crippen LogP contribution in [0.15, 0.2) is 51.6 Å². The van der Waals surface area contributed by atoms with Gasteiger partial charge in [-0.15, -0.1) is 9.53 Å². The quantitative estimate of drug-likeness (QED) is 0.803. The Morgan fingerprint density at radius 1 is 1.00 bits per heavy atom. The van der Waals surface area contributed by atoms with Gasteiger partial charge in [-0.25, -0.2) is 0 Å². The number of fused-ring (bicyclic) bond motifs is 1. The maximum atomic E-state index is 12.8. The fourth-order valence-corrected chi connectivity index (χ4v) is 4.10. The Morgan fingerprint density at radius 2 is 1.62 bits per heavy atom. The van der Waals surface area contributed by atoms with Gasteiger partial charge in [0.25, 0.3) is 10.0 Å². The topological polar surface area (TPSA) is 62.1 Å². The van der Waals surface area contributed by atoms with Crippen LogP contribution in [0.25, 0.3) is 0 Å². The first-order valence-electron chi connectivity index (χ1n) is 6.55. The maximum absolute atomic E-state index is 12.8. The zero-order valence-corrected chi connectivity index (χ0v) is 12.8. The van der Waals surface area contributed by atoms with Crippen LogP contribution in [-0.4, -0.2) is 8.42 Å². The summed E-state index contributed by atoms with van der Waals surface area (Å²) in [5, 5.41) is 7.94. The van der Waals surface area contributed by atoms with Crippen LogP contribution in [-0.2, 0) is 10.0 Å². The first kappa shape index (κ1) is 13.8. The number of aryl methyl sites for hydroxylation is 3. The summed E-state index contributed by atoms with van der Waals surface area (Å²) < 4.78 is 26.6. The summed E-state index contributed by atoms with van der Waals surface area (Å²) in [5.74, 6) is 0. The van der Waals surface area contributed by atoms with Crippen molar-refractivity contribution in [1.29, 1.82) is 0 Å².